The van der Waals surface area contributed by atoms with Gasteiger partial charge in [0.2, 0.25) is 5.78 Å². The van der Waals surface area contributed by atoms with Crippen molar-refractivity contribution in [2.45, 2.75) is 0 Å². The molecule has 0 fully saturated rings. The lowest BCUT2D eigenvalue weighted by Crippen LogP contribution is -2.05. The van der Waals surface area contributed by atoms with E-state index in [9.17, 15) is 13.2 Å². The molecular weight excluding hydrogens is 294 g/mol. The first-order valence-corrected chi connectivity index (χ1v) is 7.80. The van der Waals surface area contributed by atoms with E-state index in [0.717, 1.165) is 11.8 Å². The van der Waals surface area contributed by atoms with E-state index in [-0.39, 0.29) is 11.3 Å². The molecule has 108 valence electrons. The minimum atomic E-state index is -3.54. The molecule has 0 aliphatic carbocycles. The lowest BCUT2D eigenvalue weighted by atomic mass is 10.2. The van der Waals surface area contributed by atoms with Crippen molar-refractivity contribution in [3.63, 3.8) is 0 Å². The SMILES string of the molecule is CS(=O)(=O)Oc1ccc(-c2cn3ccc(=O)[nH]c3n2)cc1. The van der Waals surface area contributed by atoms with Gasteiger partial charge in [0, 0.05) is 24.0 Å². The van der Waals surface area contributed by atoms with Crippen LogP contribution < -0.4 is 9.74 Å². The van der Waals surface area contributed by atoms with Crippen molar-refractivity contribution in [1.82, 2.24) is 14.4 Å². The summed E-state index contributed by atoms with van der Waals surface area (Å²) in [5.41, 5.74) is 1.21. The van der Waals surface area contributed by atoms with Gasteiger partial charge in [-0.25, -0.2) is 4.98 Å². The maximum absolute atomic E-state index is 11.2. The van der Waals surface area contributed by atoms with Gasteiger partial charge < -0.3 is 4.18 Å². The van der Waals surface area contributed by atoms with Crippen molar-refractivity contribution in [3.05, 3.63) is 53.1 Å². The molecule has 0 bridgehead atoms. The molecule has 7 nitrogen and oxygen atoms in total. The van der Waals surface area contributed by atoms with Crippen LogP contribution in [0.3, 0.4) is 0 Å². The zero-order chi connectivity index (χ0) is 15.0. The second-order valence-electron chi connectivity index (χ2n) is 4.47. The van der Waals surface area contributed by atoms with Crippen LogP contribution in [0.5, 0.6) is 5.75 Å². The number of hydrogen-bond donors (Lipinski definition) is 1. The predicted octanol–water partition coefficient (Wildman–Crippen LogP) is 1.03. The van der Waals surface area contributed by atoms with Crippen molar-refractivity contribution < 1.29 is 12.6 Å². The minimum Gasteiger partial charge on any atom is -0.383 e. The Kier molecular flexibility index (Phi) is 3.02. The molecule has 0 unspecified atom stereocenters. The lowest BCUT2D eigenvalue weighted by Gasteiger charge is -2.03. The Labute approximate surface area is 120 Å². The van der Waals surface area contributed by atoms with E-state index in [1.54, 1.807) is 41.1 Å². The molecule has 2 aromatic heterocycles. The molecule has 2 heterocycles. The van der Waals surface area contributed by atoms with Crippen molar-refractivity contribution >= 4 is 15.9 Å². The first-order valence-electron chi connectivity index (χ1n) is 5.99. The molecule has 0 saturated heterocycles. The molecule has 0 saturated carbocycles. The Bertz CT molecular complexity index is 955. The molecular formula is C13H11N3O4S. The van der Waals surface area contributed by atoms with Crippen LogP contribution in [0.2, 0.25) is 0 Å². The summed E-state index contributed by atoms with van der Waals surface area (Å²) in [4.78, 5) is 18.1. The Hall–Kier alpha value is -2.61. The highest BCUT2D eigenvalue weighted by atomic mass is 32.2. The van der Waals surface area contributed by atoms with Crippen LogP contribution in [0, 0.1) is 0 Å². The topological polar surface area (TPSA) is 93.5 Å². The molecule has 0 aliphatic rings. The van der Waals surface area contributed by atoms with Gasteiger partial charge in [-0.05, 0) is 24.3 Å². The molecule has 0 radical (unpaired) electrons. The molecule has 0 spiro atoms. The van der Waals surface area contributed by atoms with E-state index >= 15 is 0 Å². The second kappa shape index (κ2) is 4.74. The van der Waals surface area contributed by atoms with Gasteiger partial charge in [0.25, 0.3) is 5.56 Å². The van der Waals surface area contributed by atoms with Crippen LogP contribution in [0.4, 0.5) is 0 Å². The quantitative estimate of drug-likeness (QED) is 0.729. The summed E-state index contributed by atoms with van der Waals surface area (Å²) in [6, 6.07) is 7.88. The lowest BCUT2D eigenvalue weighted by molar-refractivity contribution is 0.493. The zero-order valence-corrected chi connectivity index (χ0v) is 11.8. The van der Waals surface area contributed by atoms with Crippen LogP contribution in [-0.4, -0.2) is 29.0 Å². The normalized spacial score (nSPS) is 11.7. The van der Waals surface area contributed by atoms with Gasteiger partial charge in [-0.1, -0.05) is 0 Å². The van der Waals surface area contributed by atoms with Crippen LogP contribution >= 0.6 is 0 Å². The van der Waals surface area contributed by atoms with Crippen LogP contribution in [0.15, 0.2) is 47.5 Å². The van der Waals surface area contributed by atoms with Gasteiger partial charge in [0.1, 0.15) is 5.75 Å². The number of benzene rings is 1. The highest BCUT2D eigenvalue weighted by Gasteiger charge is 2.07. The van der Waals surface area contributed by atoms with Crippen LogP contribution in [0.1, 0.15) is 0 Å². The monoisotopic (exact) mass is 305 g/mol. The van der Waals surface area contributed by atoms with Crippen molar-refractivity contribution in [3.8, 4) is 17.0 Å². The molecule has 0 atom stereocenters. The third-order valence-electron chi connectivity index (χ3n) is 2.75. The third-order valence-corrected chi connectivity index (χ3v) is 3.25. The highest BCUT2D eigenvalue weighted by molar-refractivity contribution is 7.86. The molecule has 3 rings (SSSR count). The van der Waals surface area contributed by atoms with Gasteiger partial charge in [-0.3, -0.25) is 14.2 Å². The van der Waals surface area contributed by atoms with Gasteiger partial charge in [0.15, 0.2) is 0 Å². The van der Waals surface area contributed by atoms with E-state index in [1.165, 1.54) is 6.07 Å². The Morgan fingerprint density at radius 3 is 2.57 bits per heavy atom. The highest BCUT2D eigenvalue weighted by Crippen LogP contribution is 2.22. The Morgan fingerprint density at radius 1 is 1.19 bits per heavy atom. The second-order valence-corrected chi connectivity index (χ2v) is 6.05. The first kappa shape index (κ1) is 13.4. The standard InChI is InChI=1S/C13H11N3O4S/c1-21(18,19)20-10-4-2-9(3-5-10)11-8-16-7-6-12(17)15-13(16)14-11/h2-8H,1H3,(H,14,15,17). The fourth-order valence-corrected chi connectivity index (χ4v) is 2.36. The van der Waals surface area contributed by atoms with E-state index < -0.39 is 10.1 Å². The largest absolute Gasteiger partial charge is 0.383 e. The summed E-state index contributed by atoms with van der Waals surface area (Å²) in [6.07, 6.45) is 4.36. The zero-order valence-electron chi connectivity index (χ0n) is 11.0. The number of hydrogen-bond acceptors (Lipinski definition) is 5. The summed E-state index contributed by atoms with van der Waals surface area (Å²) in [5.74, 6) is 0.674. The average molecular weight is 305 g/mol. The molecule has 1 N–H and O–H groups in total. The number of nitrogens with zero attached hydrogens (tertiary/aromatic N) is 2. The van der Waals surface area contributed by atoms with Gasteiger partial charge >= 0.3 is 10.1 Å². The van der Waals surface area contributed by atoms with E-state index in [0.29, 0.717) is 11.5 Å². The molecule has 8 heteroatoms. The average Bonchev–Trinajstić information content (AvgIpc) is 2.80. The van der Waals surface area contributed by atoms with E-state index in [2.05, 4.69) is 9.97 Å². The summed E-state index contributed by atoms with van der Waals surface area (Å²) in [6.45, 7) is 0. The van der Waals surface area contributed by atoms with E-state index in [1.807, 2.05) is 0 Å². The predicted molar refractivity (Wildman–Crippen MR) is 76.7 cm³/mol. The van der Waals surface area contributed by atoms with Crippen molar-refractivity contribution in [2.24, 2.45) is 0 Å². The van der Waals surface area contributed by atoms with Crippen molar-refractivity contribution in [1.29, 1.82) is 0 Å². The number of rotatable bonds is 3. The van der Waals surface area contributed by atoms with Crippen molar-refractivity contribution in [2.75, 3.05) is 6.26 Å². The molecule has 1 aromatic carbocycles. The van der Waals surface area contributed by atoms with Crippen LogP contribution in [-0.2, 0) is 10.1 Å². The number of H-pyrrole nitrogens is 1. The van der Waals surface area contributed by atoms with E-state index in [4.69, 9.17) is 4.18 Å². The number of fused-ring (bicyclic) bond motifs is 1. The smallest absolute Gasteiger partial charge is 0.306 e. The maximum Gasteiger partial charge on any atom is 0.306 e. The molecule has 0 aliphatic heterocycles. The van der Waals surface area contributed by atoms with Gasteiger partial charge in [-0.2, -0.15) is 8.42 Å². The number of aromatic amines is 1. The molecule has 21 heavy (non-hydrogen) atoms. The summed E-state index contributed by atoms with van der Waals surface area (Å²) < 4.78 is 28.5. The third kappa shape index (κ3) is 2.95. The summed E-state index contributed by atoms with van der Waals surface area (Å²) >= 11 is 0. The summed E-state index contributed by atoms with van der Waals surface area (Å²) in [7, 11) is -3.54. The number of nitrogens with one attached hydrogen (secondary N) is 1. The van der Waals surface area contributed by atoms with Gasteiger partial charge in [0.05, 0.1) is 11.9 Å². The minimum absolute atomic E-state index is 0.225. The fraction of sp³-hybridized carbons (Fsp3) is 0.0769. The fourth-order valence-electron chi connectivity index (χ4n) is 1.89. The number of aromatic nitrogens is 3. The molecule has 3 aromatic rings. The Balaban J connectivity index is 1.97. The Morgan fingerprint density at radius 2 is 1.90 bits per heavy atom. The molecule has 0 amide bonds. The maximum atomic E-state index is 11.2. The number of imidazole rings is 1. The van der Waals surface area contributed by atoms with Crippen LogP contribution in [0.25, 0.3) is 17.0 Å². The van der Waals surface area contributed by atoms with Gasteiger partial charge in [-0.15, -0.1) is 0 Å². The summed E-state index contributed by atoms with van der Waals surface area (Å²) in [5, 5.41) is 0. The first-order chi connectivity index (χ1) is 9.90.